The second-order valence-electron chi connectivity index (χ2n) is 5.88. The van der Waals surface area contributed by atoms with E-state index in [2.05, 4.69) is 15.4 Å². The number of aryl methyl sites for hydroxylation is 1. The molecule has 1 aliphatic rings. The lowest BCUT2D eigenvalue weighted by atomic mass is 10.1. The van der Waals surface area contributed by atoms with Crippen molar-refractivity contribution in [2.75, 3.05) is 0 Å². The molecule has 2 aromatic rings. The van der Waals surface area contributed by atoms with E-state index in [1.807, 2.05) is 6.92 Å². The van der Waals surface area contributed by atoms with Gasteiger partial charge in [-0.25, -0.2) is 14.5 Å². The molecule has 0 bridgehead atoms. The van der Waals surface area contributed by atoms with Crippen molar-refractivity contribution in [3.8, 4) is 5.69 Å². The third kappa shape index (κ3) is 3.56. The van der Waals surface area contributed by atoms with E-state index in [1.54, 1.807) is 29.2 Å². The van der Waals surface area contributed by atoms with Gasteiger partial charge in [-0.15, -0.1) is 0 Å². The van der Waals surface area contributed by atoms with Gasteiger partial charge in [-0.1, -0.05) is 12.8 Å². The Kier molecular flexibility index (Phi) is 4.10. The fourth-order valence-corrected chi connectivity index (χ4v) is 2.54. The molecule has 3 rings (SSSR count). The highest BCUT2D eigenvalue weighted by Gasteiger charge is 2.30. The van der Waals surface area contributed by atoms with Crippen molar-refractivity contribution in [1.29, 1.82) is 0 Å². The second-order valence-corrected chi connectivity index (χ2v) is 5.88. The third-order valence-corrected chi connectivity index (χ3v) is 3.99. The van der Waals surface area contributed by atoms with E-state index in [-0.39, 0.29) is 5.91 Å². The number of hydrogen-bond acceptors (Lipinski definition) is 4. The number of carboxylic acids is 1. The van der Waals surface area contributed by atoms with Crippen LogP contribution in [0.25, 0.3) is 5.69 Å². The van der Waals surface area contributed by atoms with Crippen LogP contribution in [0.1, 0.15) is 35.2 Å². The highest BCUT2D eigenvalue weighted by atomic mass is 16.4. The van der Waals surface area contributed by atoms with Crippen LogP contribution in [-0.2, 0) is 4.79 Å². The average Bonchev–Trinajstić information content (AvgIpc) is 3.17. The Morgan fingerprint density at radius 2 is 2.22 bits per heavy atom. The molecule has 1 atom stereocenters. The molecule has 0 spiro atoms. The maximum absolute atomic E-state index is 12.3. The minimum absolute atomic E-state index is 0.369. The Balaban J connectivity index is 1.74. The quantitative estimate of drug-likeness (QED) is 0.843. The van der Waals surface area contributed by atoms with E-state index < -0.39 is 12.0 Å². The van der Waals surface area contributed by atoms with Gasteiger partial charge in [-0.2, -0.15) is 5.10 Å². The van der Waals surface area contributed by atoms with Crippen LogP contribution in [0.15, 0.2) is 30.9 Å². The summed E-state index contributed by atoms with van der Waals surface area (Å²) in [6.45, 7) is 1.87. The zero-order valence-corrected chi connectivity index (χ0v) is 12.8. The number of carboxylic acid groups (broad SMARTS) is 1. The van der Waals surface area contributed by atoms with Gasteiger partial charge in [0.1, 0.15) is 18.7 Å². The first-order chi connectivity index (χ1) is 11.0. The monoisotopic (exact) mass is 314 g/mol. The van der Waals surface area contributed by atoms with E-state index in [0.717, 1.165) is 24.1 Å². The van der Waals surface area contributed by atoms with Crippen molar-refractivity contribution in [3.05, 3.63) is 42.0 Å². The van der Waals surface area contributed by atoms with Gasteiger partial charge in [-0.3, -0.25) is 4.79 Å². The minimum atomic E-state index is -0.985. The first kappa shape index (κ1) is 15.2. The van der Waals surface area contributed by atoms with Gasteiger partial charge in [0.2, 0.25) is 0 Å². The fraction of sp³-hybridized carbons (Fsp3) is 0.375. The van der Waals surface area contributed by atoms with Crippen LogP contribution in [0.4, 0.5) is 0 Å². The molecular weight excluding hydrogens is 296 g/mol. The molecule has 1 aromatic heterocycles. The summed E-state index contributed by atoms with van der Waals surface area (Å²) in [4.78, 5) is 27.5. The first-order valence-corrected chi connectivity index (χ1v) is 7.54. The summed E-state index contributed by atoms with van der Waals surface area (Å²) in [6, 6.07) is 4.33. The number of aromatic nitrogens is 3. The summed E-state index contributed by atoms with van der Waals surface area (Å²) >= 11 is 0. The standard InChI is InChI=1S/C16H18N4O3/c1-10-6-12(4-5-14(10)20-9-17-8-18-20)15(21)19-13(16(22)23)7-11-2-3-11/h4-6,8-9,11,13H,2-3,7H2,1H3,(H,19,21)(H,22,23). The molecule has 1 unspecified atom stereocenters. The maximum atomic E-state index is 12.3. The second kappa shape index (κ2) is 6.20. The highest BCUT2D eigenvalue weighted by Crippen LogP contribution is 2.33. The molecule has 1 aromatic carbocycles. The van der Waals surface area contributed by atoms with Gasteiger partial charge in [0.05, 0.1) is 5.69 Å². The van der Waals surface area contributed by atoms with Crippen molar-refractivity contribution < 1.29 is 14.7 Å². The van der Waals surface area contributed by atoms with E-state index >= 15 is 0 Å². The number of benzene rings is 1. The molecule has 23 heavy (non-hydrogen) atoms. The highest BCUT2D eigenvalue weighted by molar-refractivity contribution is 5.97. The summed E-state index contributed by atoms with van der Waals surface area (Å²) in [7, 11) is 0. The predicted molar refractivity (Wildman–Crippen MR) is 82.3 cm³/mol. The number of aliphatic carboxylic acids is 1. The van der Waals surface area contributed by atoms with Crippen LogP contribution in [0.5, 0.6) is 0 Å². The molecule has 120 valence electrons. The van der Waals surface area contributed by atoms with Gasteiger partial charge < -0.3 is 10.4 Å². The number of amides is 1. The minimum Gasteiger partial charge on any atom is -0.480 e. The Morgan fingerprint density at radius 1 is 1.43 bits per heavy atom. The van der Waals surface area contributed by atoms with Crippen molar-refractivity contribution >= 4 is 11.9 Å². The Labute approximate surface area is 133 Å². The molecule has 0 aliphatic heterocycles. The van der Waals surface area contributed by atoms with Crippen molar-refractivity contribution in [1.82, 2.24) is 20.1 Å². The van der Waals surface area contributed by atoms with Crippen LogP contribution in [-0.4, -0.2) is 37.8 Å². The zero-order valence-electron chi connectivity index (χ0n) is 12.8. The zero-order chi connectivity index (χ0) is 16.4. The van der Waals surface area contributed by atoms with Crippen molar-refractivity contribution in [2.24, 2.45) is 5.92 Å². The number of rotatable bonds is 6. The molecule has 7 heteroatoms. The van der Waals surface area contributed by atoms with E-state index in [0.29, 0.717) is 17.9 Å². The fourth-order valence-electron chi connectivity index (χ4n) is 2.54. The van der Waals surface area contributed by atoms with Crippen LogP contribution in [0.2, 0.25) is 0 Å². The summed E-state index contributed by atoms with van der Waals surface area (Å²) < 4.78 is 1.62. The normalized spacial score (nSPS) is 15.2. The molecule has 0 saturated heterocycles. The number of nitrogens with zero attached hydrogens (tertiary/aromatic N) is 3. The smallest absolute Gasteiger partial charge is 0.326 e. The summed E-state index contributed by atoms with van der Waals surface area (Å²) in [5.74, 6) is -0.930. The predicted octanol–water partition coefficient (Wildman–Crippen LogP) is 1.56. The molecule has 1 aliphatic carbocycles. The summed E-state index contributed by atoms with van der Waals surface area (Å²) in [5, 5.41) is 15.9. The van der Waals surface area contributed by atoms with Gasteiger partial charge >= 0.3 is 5.97 Å². The van der Waals surface area contributed by atoms with Gasteiger partial charge in [0.25, 0.3) is 5.91 Å². The van der Waals surface area contributed by atoms with E-state index in [9.17, 15) is 14.7 Å². The first-order valence-electron chi connectivity index (χ1n) is 7.54. The molecular formula is C16H18N4O3. The lowest BCUT2D eigenvalue weighted by molar-refractivity contribution is -0.139. The molecule has 0 radical (unpaired) electrons. The van der Waals surface area contributed by atoms with Gasteiger partial charge in [-0.05, 0) is 43.0 Å². The van der Waals surface area contributed by atoms with E-state index in [1.165, 1.54) is 6.33 Å². The van der Waals surface area contributed by atoms with E-state index in [4.69, 9.17) is 0 Å². The Morgan fingerprint density at radius 3 is 2.78 bits per heavy atom. The SMILES string of the molecule is Cc1cc(C(=O)NC(CC2CC2)C(=O)O)ccc1-n1cncn1. The van der Waals surface area contributed by atoms with Gasteiger partial charge in [0, 0.05) is 5.56 Å². The van der Waals surface area contributed by atoms with Gasteiger partial charge in [0.15, 0.2) is 0 Å². The third-order valence-electron chi connectivity index (χ3n) is 3.99. The summed E-state index contributed by atoms with van der Waals surface area (Å²) in [5.41, 5.74) is 2.12. The largest absolute Gasteiger partial charge is 0.480 e. The van der Waals surface area contributed by atoms with Crippen LogP contribution >= 0.6 is 0 Å². The topological polar surface area (TPSA) is 97.1 Å². The number of nitrogens with one attached hydrogen (secondary N) is 1. The average molecular weight is 314 g/mol. The molecule has 1 amide bonds. The van der Waals surface area contributed by atoms with Crippen molar-refractivity contribution in [3.63, 3.8) is 0 Å². The molecule has 1 heterocycles. The molecule has 2 N–H and O–H groups in total. The van der Waals surface area contributed by atoms with Crippen LogP contribution in [0.3, 0.4) is 0 Å². The van der Waals surface area contributed by atoms with Crippen LogP contribution in [0, 0.1) is 12.8 Å². The lowest BCUT2D eigenvalue weighted by Crippen LogP contribution is -2.41. The Bertz CT molecular complexity index is 723. The maximum Gasteiger partial charge on any atom is 0.326 e. The number of carbonyl (C=O) groups is 2. The van der Waals surface area contributed by atoms with Crippen molar-refractivity contribution in [2.45, 2.75) is 32.2 Å². The lowest BCUT2D eigenvalue weighted by Gasteiger charge is -2.15. The molecule has 1 fully saturated rings. The van der Waals surface area contributed by atoms with Crippen LogP contribution < -0.4 is 5.32 Å². The number of hydrogen-bond donors (Lipinski definition) is 2. The Hall–Kier alpha value is -2.70. The molecule has 1 saturated carbocycles. The molecule has 7 nitrogen and oxygen atoms in total. The summed E-state index contributed by atoms with van der Waals surface area (Å²) in [6.07, 6.45) is 5.61. The number of carbonyl (C=O) groups excluding carboxylic acids is 1.